The smallest absolute Gasteiger partial charge is 0.0991 e. The van der Waals surface area contributed by atoms with E-state index in [9.17, 15) is 5.26 Å². The zero-order valence-corrected chi connectivity index (χ0v) is 14.0. The molecule has 0 spiro atoms. The zero-order chi connectivity index (χ0) is 15.8. The van der Waals surface area contributed by atoms with Crippen molar-refractivity contribution in [2.45, 2.75) is 22.6 Å². The maximum atomic E-state index is 9.29. The van der Waals surface area contributed by atoms with E-state index in [-0.39, 0.29) is 0 Å². The van der Waals surface area contributed by atoms with Crippen LogP contribution in [0.3, 0.4) is 0 Å². The zero-order valence-electron chi connectivity index (χ0n) is 13.2. The van der Waals surface area contributed by atoms with E-state index in [0.717, 1.165) is 31.5 Å². The average Bonchev–Trinajstić information content (AvgIpc) is 2.60. The van der Waals surface area contributed by atoms with E-state index in [4.69, 9.17) is 0 Å². The van der Waals surface area contributed by atoms with Gasteiger partial charge in [-0.15, -0.1) is 0 Å². The van der Waals surface area contributed by atoms with Gasteiger partial charge in [0.1, 0.15) is 0 Å². The van der Waals surface area contributed by atoms with Gasteiger partial charge in [0.25, 0.3) is 0 Å². The number of piperidine rings is 1. The molecule has 2 aromatic rings. The lowest BCUT2D eigenvalue weighted by Crippen LogP contribution is -2.27. The van der Waals surface area contributed by atoms with Crippen LogP contribution in [0.1, 0.15) is 29.5 Å². The lowest BCUT2D eigenvalue weighted by molar-refractivity contribution is 0.313. The van der Waals surface area contributed by atoms with Gasteiger partial charge in [-0.3, -0.25) is 0 Å². The Bertz CT molecular complexity index is 835. The molecule has 0 radical (unpaired) electrons. The number of benzene rings is 2. The lowest BCUT2D eigenvalue weighted by Gasteiger charge is -2.30. The van der Waals surface area contributed by atoms with Crippen LogP contribution < -0.4 is 0 Å². The van der Waals surface area contributed by atoms with Crippen LogP contribution in [0.2, 0.25) is 0 Å². The molecule has 0 atom stereocenters. The number of hydrogen-bond acceptors (Lipinski definition) is 3. The Morgan fingerprint density at radius 1 is 1.00 bits per heavy atom. The van der Waals surface area contributed by atoms with Crippen molar-refractivity contribution in [3.05, 3.63) is 64.7 Å². The van der Waals surface area contributed by atoms with E-state index in [0.29, 0.717) is 0 Å². The molecule has 2 aromatic carbocycles. The molecule has 0 unspecified atom stereocenters. The number of rotatable bonds is 0. The molecule has 2 heterocycles. The largest absolute Gasteiger partial charge is 0.306 e. The van der Waals surface area contributed by atoms with Gasteiger partial charge in [-0.25, -0.2) is 0 Å². The maximum absolute atomic E-state index is 9.29. The molecule has 0 bridgehead atoms. The van der Waals surface area contributed by atoms with Crippen LogP contribution in [0.5, 0.6) is 0 Å². The first-order valence-corrected chi connectivity index (χ1v) is 8.80. The second-order valence-electron chi connectivity index (χ2n) is 6.20. The number of nitriles is 1. The predicted molar refractivity (Wildman–Crippen MR) is 94.5 cm³/mol. The van der Waals surface area contributed by atoms with Gasteiger partial charge in [0, 0.05) is 22.9 Å². The minimum Gasteiger partial charge on any atom is -0.306 e. The summed E-state index contributed by atoms with van der Waals surface area (Å²) in [5.41, 5.74) is 6.23. The molecule has 2 aliphatic rings. The highest BCUT2D eigenvalue weighted by molar-refractivity contribution is 7.99. The third-order valence-corrected chi connectivity index (χ3v) is 5.85. The number of fused-ring (bicyclic) bond motifs is 2. The number of hydrogen-bond donors (Lipinski definition) is 0. The molecule has 0 aliphatic carbocycles. The molecule has 3 heteroatoms. The van der Waals surface area contributed by atoms with Gasteiger partial charge in [-0.05, 0) is 60.9 Å². The van der Waals surface area contributed by atoms with E-state index in [2.05, 4.69) is 54.4 Å². The van der Waals surface area contributed by atoms with Crippen molar-refractivity contribution in [3.8, 4) is 6.07 Å². The minimum atomic E-state index is 0.745. The van der Waals surface area contributed by atoms with E-state index in [1.165, 1.54) is 32.1 Å². The van der Waals surface area contributed by atoms with Crippen molar-refractivity contribution >= 4 is 17.3 Å². The average molecular weight is 318 g/mol. The Morgan fingerprint density at radius 2 is 1.74 bits per heavy atom. The van der Waals surface area contributed by atoms with Crippen LogP contribution in [-0.2, 0) is 0 Å². The summed E-state index contributed by atoms with van der Waals surface area (Å²) >= 11 is 1.82. The summed E-state index contributed by atoms with van der Waals surface area (Å²) in [6, 6.07) is 17.0. The van der Waals surface area contributed by atoms with Crippen molar-refractivity contribution in [3.63, 3.8) is 0 Å². The number of likely N-dealkylation sites (tertiary alicyclic amines) is 1. The van der Waals surface area contributed by atoms with E-state index in [1.807, 2.05) is 17.8 Å². The van der Waals surface area contributed by atoms with E-state index >= 15 is 0 Å². The Hall–Kier alpha value is -2.02. The van der Waals surface area contributed by atoms with Crippen LogP contribution in [-0.4, -0.2) is 25.0 Å². The molecule has 0 amide bonds. The molecule has 114 valence electrons. The molecule has 2 aliphatic heterocycles. The van der Waals surface area contributed by atoms with Gasteiger partial charge < -0.3 is 4.90 Å². The van der Waals surface area contributed by atoms with Gasteiger partial charge in [0.05, 0.1) is 11.6 Å². The highest BCUT2D eigenvalue weighted by atomic mass is 32.2. The van der Waals surface area contributed by atoms with E-state index in [1.54, 1.807) is 0 Å². The minimum absolute atomic E-state index is 0.745. The molecule has 4 rings (SSSR count). The van der Waals surface area contributed by atoms with Gasteiger partial charge in [-0.2, -0.15) is 5.26 Å². The molecule has 1 fully saturated rings. The second-order valence-corrected chi connectivity index (χ2v) is 7.29. The standard InChI is InChI=1S/C20H18N2S/c1-22-10-8-15(9-11-22)20-16-4-2-3-5-18(16)23-19-7-6-14(13-21)12-17(19)20/h2-7,12H,8-11H2,1H3. The quantitative estimate of drug-likeness (QED) is 0.608. The third-order valence-electron chi connectivity index (χ3n) is 4.70. The van der Waals surface area contributed by atoms with Crippen LogP contribution in [0.4, 0.5) is 0 Å². The molecule has 1 saturated heterocycles. The second kappa shape index (κ2) is 5.88. The first-order chi connectivity index (χ1) is 11.3. The van der Waals surface area contributed by atoms with Crippen LogP contribution >= 0.6 is 11.8 Å². The predicted octanol–water partition coefficient (Wildman–Crippen LogP) is 4.55. The van der Waals surface area contributed by atoms with E-state index < -0.39 is 0 Å². The lowest BCUT2D eigenvalue weighted by atomic mass is 9.87. The van der Waals surface area contributed by atoms with Crippen molar-refractivity contribution in [2.75, 3.05) is 20.1 Å². The Morgan fingerprint density at radius 3 is 2.52 bits per heavy atom. The molecule has 23 heavy (non-hydrogen) atoms. The maximum Gasteiger partial charge on any atom is 0.0991 e. The summed E-state index contributed by atoms with van der Waals surface area (Å²) in [6.45, 7) is 2.23. The monoisotopic (exact) mass is 318 g/mol. The van der Waals surface area contributed by atoms with Crippen LogP contribution in [0.25, 0.3) is 5.57 Å². The topological polar surface area (TPSA) is 27.0 Å². The summed E-state index contributed by atoms with van der Waals surface area (Å²) in [5, 5.41) is 9.29. The SMILES string of the molecule is CN1CCC(=C2c3ccccc3Sc3ccc(C#N)cc32)CC1. The molecule has 0 saturated carbocycles. The normalized spacial score (nSPS) is 17.4. The fourth-order valence-electron chi connectivity index (χ4n) is 3.43. The summed E-state index contributed by atoms with van der Waals surface area (Å²) < 4.78 is 0. The third kappa shape index (κ3) is 2.59. The summed E-state index contributed by atoms with van der Waals surface area (Å²) in [6.07, 6.45) is 2.22. The summed E-state index contributed by atoms with van der Waals surface area (Å²) in [4.78, 5) is 4.98. The van der Waals surface area contributed by atoms with Gasteiger partial charge in [0.15, 0.2) is 0 Å². The number of nitrogens with zero attached hydrogens (tertiary/aromatic N) is 2. The van der Waals surface area contributed by atoms with Gasteiger partial charge in [-0.1, -0.05) is 35.5 Å². The summed E-state index contributed by atoms with van der Waals surface area (Å²) in [5.74, 6) is 0. The first-order valence-electron chi connectivity index (χ1n) is 7.98. The molecular weight excluding hydrogens is 300 g/mol. The Labute approximate surface area is 141 Å². The molecule has 0 N–H and O–H groups in total. The Balaban J connectivity index is 1.94. The molecule has 2 nitrogen and oxygen atoms in total. The van der Waals surface area contributed by atoms with Crippen molar-refractivity contribution in [1.29, 1.82) is 5.26 Å². The highest BCUT2D eigenvalue weighted by Crippen LogP contribution is 2.47. The van der Waals surface area contributed by atoms with Gasteiger partial charge >= 0.3 is 0 Å². The van der Waals surface area contributed by atoms with Crippen molar-refractivity contribution in [2.24, 2.45) is 0 Å². The molecular formula is C20H18N2S. The molecule has 0 aromatic heterocycles. The fraction of sp³-hybridized carbons (Fsp3) is 0.250. The van der Waals surface area contributed by atoms with Crippen molar-refractivity contribution < 1.29 is 0 Å². The van der Waals surface area contributed by atoms with Crippen molar-refractivity contribution in [1.82, 2.24) is 4.90 Å². The van der Waals surface area contributed by atoms with Crippen LogP contribution in [0.15, 0.2) is 57.8 Å². The highest BCUT2D eigenvalue weighted by Gasteiger charge is 2.25. The van der Waals surface area contributed by atoms with Crippen LogP contribution in [0, 0.1) is 11.3 Å². The first kappa shape index (κ1) is 14.6. The Kier molecular flexibility index (Phi) is 3.72. The summed E-state index contributed by atoms with van der Waals surface area (Å²) in [7, 11) is 2.19. The van der Waals surface area contributed by atoms with Gasteiger partial charge in [0.2, 0.25) is 0 Å². The fourth-order valence-corrected chi connectivity index (χ4v) is 4.50.